The smallest absolute Gasteiger partial charge is 0.254 e. The SMILES string of the molecule is CC(C)c1cccc(C(C)C)c1NC(=O)CN1CCC(NC(=O)c2cnn(C)c2)CC1. The number of nitrogens with one attached hydrogen (secondary N) is 2. The van der Waals surface area contributed by atoms with Crippen molar-refractivity contribution in [1.82, 2.24) is 20.0 Å². The number of carbonyl (C=O) groups excluding carboxylic acids is 2. The van der Waals surface area contributed by atoms with Crippen molar-refractivity contribution in [2.75, 3.05) is 25.0 Å². The second kappa shape index (κ2) is 10.1. The molecule has 1 aromatic carbocycles. The second-order valence-electron chi connectivity index (χ2n) is 9.10. The largest absolute Gasteiger partial charge is 0.349 e. The number of aromatic nitrogens is 2. The fourth-order valence-electron chi connectivity index (χ4n) is 4.12. The topological polar surface area (TPSA) is 79.3 Å². The lowest BCUT2D eigenvalue weighted by Gasteiger charge is -2.32. The molecule has 2 N–H and O–H groups in total. The van der Waals surface area contributed by atoms with Crippen LogP contribution >= 0.6 is 0 Å². The van der Waals surface area contributed by atoms with Gasteiger partial charge in [-0.1, -0.05) is 45.9 Å². The Hall–Kier alpha value is -2.67. The van der Waals surface area contributed by atoms with E-state index >= 15 is 0 Å². The first-order valence-electron chi connectivity index (χ1n) is 11.2. The maximum atomic E-state index is 12.8. The summed E-state index contributed by atoms with van der Waals surface area (Å²) in [5, 5.41) is 10.3. The zero-order valence-corrected chi connectivity index (χ0v) is 19.3. The molecular weight excluding hydrogens is 390 g/mol. The standard InChI is InChI=1S/C24H35N5O2/c1-16(2)20-7-6-8-21(17(3)4)23(20)27-22(30)15-29-11-9-19(10-12-29)26-24(31)18-13-25-28(5)14-18/h6-8,13-14,16-17,19H,9-12,15H2,1-5H3,(H,26,31)(H,27,30). The summed E-state index contributed by atoms with van der Waals surface area (Å²) < 4.78 is 1.62. The van der Waals surface area contributed by atoms with Crippen molar-refractivity contribution in [3.63, 3.8) is 0 Å². The van der Waals surface area contributed by atoms with Gasteiger partial charge < -0.3 is 10.6 Å². The molecule has 1 aromatic heterocycles. The Morgan fingerprint density at radius 3 is 2.23 bits per heavy atom. The van der Waals surface area contributed by atoms with E-state index in [0.29, 0.717) is 23.9 Å². The maximum absolute atomic E-state index is 12.8. The van der Waals surface area contributed by atoms with E-state index < -0.39 is 0 Å². The highest BCUT2D eigenvalue weighted by Gasteiger charge is 2.24. The zero-order chi connectivity index (χ0) is 22.5. The maximum Gasteiger partial charge on any atom is 0.254 e. The first-order chi connectivity index (χ1) is 14.7. The van der Waals surface area contributed by atoms with E-state index in [1.54, 1.807) is 24.1 Å². The molecule has 2 aromatic rings. The third-order valence-corrected chi connectivity index (χ3v) is 5.89. The quantitative estimate of drug-likeness (QED) is 0.712. The van der Waals surface area contributed by atoms with Crippen LogP contribution in [0.4, 0.5) is 5.69 Å². The van der Waals surface area contributed by atoms with Gasteiger partial charge in [-0.2, -0.15) is 5.10 Å². The van der Waals surface area contributed by atoms with Gasteiger partial charge in [0.2, 0.25) is 5.91 Å². The number of amides is 2. The summed E-state index contributed by atoms with van der Waals surface area (Å²) >= 11 is 0. The number of hydrogen-bond acceptors (Lipinski definition) is 4. The summed E-state index contributed by atoms with van der Waals surface area (Å²) in [6.07, 6.45) is 4.96. The molecule has 1 aliphatic rings. The molecule has 0 unspecified atom stereocenters. The third kappa shape index (κ3) is 5.94. The van der Waals surface area contributed by atoms with Crippen LogP contribution in [0, 0.1) is 0 Å². The van der Waals surface area contributed by atoms with E-state index in [9.17, 15) is 9.59 Å². The Bertz CT molecular complexity index is 884. The van der Waals surface area contributed by atoms with Gasteiger partial charge in [0.1, 0.15) is 0 Å². The third-order valence-electron chi connectivity index (χ3n) is 5.89. The number of aryl methyl sites for hydroxylation is 1. The van der Waals surface area contributed by atoms with Crippen LogP contribution in [-0.4, -0.2) is 52.2 Å². The molecular formula is C24H35N5O2. The van der Waals surface area contributed by atoms with E-state index in [0.717, 1.165) is 31.6 Å². The number of rotatable bonds is 7. The van der Waals surface area contributed by atoms with E-state index in [1.165, 1.54) is 11.1 Å². The summed E-state index contributed by atoms with van der Waals surface area (Å²) in [5.74, 6) is 0.616. The fraction of sp³-hybridized carbons (Fsp3) is 0.542. The number of piperidine rings is 1. The van der Waals surface area contributed by atoms with Crippen LogP contribution in [0.5, 0.6) is 0 Å². The number of likely N-dealkylation sites (tertiary alicyclic amines) is 1. The lowest BCUT2D eigenvalue weighted by molar-refractivity contribution is -0.117. The molecule has 7 heteroatoms. The Balaban J connectivity index is 1.53. The lowest BCUT2D eigenvalue weighted by atomic mass is 9.92. The number of hydrogen-bond donors (Lipinski definition) is 2. The van der Waals surface area contributed by atoms with Crippen molar-refractivity contribution in [2.24, 2.45) is 7.05 Å². The summed E-state index contributed by atoms with van der Waals surface area (Å²) in [6, 6.07) is 6.40. The molecule has 31 heavy (non-hydrogen) atoms. The van der Waals surface area contributed by atoms with Crippen molar-refractivity contribution >= 4 is 17.5 Å². The minimum absolute atomic E-state index is 0.0212. The molecule has 0 radical (unpaired) electrons. The second-order valence-corrected chi connectivity index (χ2v) is 9.10. The van der Waals surface area contributed by atoms with Crippen LogP contribution in [-0.2, 0) is 11.8 Å². The Morgan fingerprint density at radius 2 is 1.71 bits per heavy atom. The highest BCUT2D eigenvalue weighted by atomic mass is 16.2. The number of anilines is 1. The first-order valence-corrected chi connectivity index (χ1v) is 11.2. The Morgan fingerprint density at radius 1 is 1.10 bits per heavy atom. The van der Waals surface area contributed by atoms with Gasteiger partial charge in [0, 0.05) is 38.1 Å². The van der Waals surface area contributed by atoms with Gasteiger partial charge in [-0.15, -0.1) is 0 Å². The first kappa shape index (κ1) is 23.0. The molecule has 2 heterocycles. The predicted molar refractivity (Wildman–Crippen MR) is 123 cm³/mol. The van der Waals surface area contributed by atoms with Crippen LogP contribution in [0.15, 0.2) is 30.6 Å². The molecule has 0 bridgehead atoms. The molecule has 2 amide bonds. The summed E-state index contributed by atoms with van der Waals surface area (Å²) in [5.41, 5.74) is 3.90. The summed E-state index contributed by atoms with van der Waals surface area (Å²) in [6.45, 7) is 10.6. The summed E-state index contributed by atoms with van der Waals surface area (Å²) in [4.78, 5) is 27.3. The van der Waals surface area contributed by atoms with Gasteiger partial charge in [-0.25, -0.2) is 0 Å². The average molecular weight is 426 g/mol. The Labute approximate surface area is 185 Å². The van der Waals surface area contributed by atoms with Gasteiger partial charge in [0.05, 0.1) is 18.3 Å². The Kier molecular flexibility index (Phi) is 7.49. The van der Waals surface area contributed by atoms with E-state index in [1.807, 2.05) is 0 Å². The molecule has 168 valence electrons. The number of nitrogens with zero attached hydrogens (tertiary/aromatic N) is 3. The minimum Gasteiger partial charge on any atom is -0.349 e. The highest BCUT2D eigenvalue weighted by molar-refractivity contribution is 5.94. The van der Waals surface area contributed by atoms with E-state index in [2.05, 4.69) is 66.5 Å². The number of carbonyl (C=O) groups is 2. The van der Waals surface area contributed by atoms with Crippen molar-refractivity contribution in [3.8, 4) is 0 Å². The minimum atomic E-state index is -0.0872. The average Bonchev–Trinajstić information content (AvgIpc) is 3.15. The molecule has 3 rings (SSSR count). The molecule has 1 saturated heterocycles. The van der Waals surface area contributed by atoms with Crippen molar-refractivity contribution < 1.29 is 9.59 Å². The van der Waals surface area contributed by atoms with Crippen LogP contribution < -0.4 is 10.6 Å². The van der Waals surface area contributed by atoms with Crippen molar-refractivity contribution in [2.45, 2.75) is 58.4 Å². The zero-order valence-electron chi connectivity index (χ0n) is 19.3. The molecule has 7 nitrogen and oxygen atoms in total. The molecule has 0 atom stereocenters. The predicted octanol–water partition coefficient (Wildman–Crippen LogP) is 3.50. The molecule has 0 aliphatic carbocycles. The molecule has 1 aliphatic heterocycles. The molecule has 0 saturated carbocycles. The van der Waals surface area contributed by atoms with Crippen LogP contribution in [0.3, 0.4) is 0 Å². The highest BCUT2D eigenvalue weighted by Crippen LogP contribution is 2.32. The van der Waals surface area contributed by atoms with Crippen LogP contribution in [0.25, 0.3) is 0 Å². The normalized spacial score (nSPS) is 15.5. The molecule has 0 spiro atoms. The van der Waals surface area contributed by atoms with Crippen LogP contribution in [0.1, 0.15) is 73.9 Å². The monoisotopic (exact) mass is 425 g/mol. The number of benzene rings is 1. The van der Waals surface area contributed by atoms with Crippen molar-refractivity contribution in [1.29, 1.82) is 0 Å². The van der Waals surface area contributed by atoms with Gasteiger partial charge in [0.25, 0.3) is 5.91 Å². The van der Waals surface area contributed by atoms with Crippen molar-refractivity contribution in [3.05, 3.63) is 47.3 Å². The van der Waals surface area contributed by atoms with Crippen LogP contribution in [0.2, 0.25) is 0 Å². The lowest BCUT2D eigenvalue weighted by Crippen LogP contribution is -2.46. The van der Waals surface area contributed by atoms with Gasteiger partial charge in [-0.05, 0) is 35.8 Å². The van der Waals surface area contributed by atoms with Gasteiger partial charge in [-0.3, -0.25) is 19.2 Å². The summed E-state index contributed by atoms with van der Waals surface area (Å²) in [7, 11) is 1.80. The van der Waals surface area contributed by atoms with E-state index in [4.69, 9.17) is 0 Å². The number of para-hydroxylation sites is 1. The van der Waals surface area contributed by atoms with Gasteiger partial charge in [0.15, 0.2) is 0 Å². The molecule has 1 fully saturated rings. The fourth-order valence-corrected chi connectivity index (χ4v) is 4.12. The van der Waals surface area contributed by atoms with E-state index in [-0.39, 0.29) is 17.9 Å². The van der Waals surface area contributed by atoms with Gasteiger partial charge >= 0.3 is 0 Å².